The Labute approximate surface area is 180 Å². The van der Waals surface area contributed by atoms with Gasteiger partial charge in [0.1, 0.15) is 22.0 Å². The van der Waals surface area contributed by atoms with Gasteiger partial charge in [0.2, 0.25) is 0 Å². The third-order valence-electron chi connectivity index (χ3n) is 5.05. The van der Waals surface area contributed by atoms with E-state index in [-0.39, 0.29) is 5.82 Å². The molecule has 2 aromatic heterocycles. The van der Waals surface area contributed by atoms with Crippen LogP contribution in [0.1, 0.15) is 31.7 Å². The summed E-state index contributed by atoms with van der Waals surface area (Å²) in [5.41, 5.74) is 0.429. The van der Waals surface area contributed by atoms with Gasteiger partial charge in [-0.15, -0.1) is 10.2 Å². The molecule has 0 unspecified atom stereocenters. The fourth-order valence-electron chi connectivity index (χ4n) is 3.17. The summed E-state index contributed by atoms with van der Waals surface area (Å²) < 4.78 is 19.4. The molecule has 4 rings (SSSR count). The molecular formula is C22H19FN2O3S2. The number of rotatable bonds is 6. The number of halogens is 1. The highest BCUT2D eigenvalue weighted by Crippen LogP contribution is 2.38. The molecule has 0 spiro atoms. The first-order chi connectivity index (χ1) is 14.4. The maximum Gasteiger partial charge on any atom is 0.336 e. The highest BCUT2D eigenvalue weighted by molar-refractivity contribution is 8.01. The quantitative estimate of drug-likeness (QED) is 0.391. The maximum atomic E-state index is 13.3. The van der Waals surface area contributed by atoms with Crippen molar-refractivity contribution in [3.8, 4) is 11.1 Å². The van der Waals surface area contributed by atoms with Crippen LogP contribution in [0, 0.1) is 5.82 Å². The molecule has 2 aromatic carbocycles. The summed E-state index contributed by atoms with van der Waals surface area (Å²) in [6, 6.07) is 13.0. The molecule has 0 saturated heterocycles. The fraction of sp³-hybridized carbons (Fsp3) is 0.227. The SMILES string of the molecule is CCC(O)(CC)c1nnc(Sc2ccc3c(-c4ccc(F)cc4)cc(=O)oc3c2)s1. The third-order valence-corrected chi connectivity index (χ3v) is 7.21. The van der Waals surface area contributed by atoms with E-state index in [2.05, 4.69) is 10.2 Å². The van der Waals surface area contributed by atoms with Crippen molar-refractivity contribution in [2.24, 2.45) is 0 Å². The molecule has 2 heterocycles. The summed E-state index contributed by atoms with van der Waals surface area (Å²) in [5.74, 6) is -0.334. The zero-order valence-electron chi connectivity index (χ0n) is 16.4. The minimum absolute atomic E-state index is 0.334. The lowest BCUT2D eigenvalue weighted by Gasteiger charge is -2.21. The van der Waals surface area contributed by atoms with Gasteiger partial charge in [-0.25, -0.2) is 9.18 Å². The highest BCUT2D eigenvalue weighted by atomic mass is 32.2. The largest absolute Gasteiger partial charge is 0.423 e. The van der Waals surface area contributed by atoms with E-state index < -0.39 is 11.2 Å². The molecule has 0 atom stereocenters. The van der Waals surface area contributed by atoms with E-state index in [1.54, 1.807) is 18.2 Å². The van der Waals surface area contributed by atoms with Crippen LogP contribution < -0.4 is 5.63 Å². The van der Waals surface area contributed by atoms with Crippen LogP contribution in [0.3, 0.4) is 0 Å². The van der Waals surface area contributed by atoms with Crippen LogP contribution in [0.25, 0.3) is 22.1 Å². The minimum atomic E-state index is -0.962. The van der Waals surface area contributed by atoms with Gasteiger partial charge in [0.15, 0.2) is 4.34 Å². The van der Waals surface area contributed by atoms with Gasteiger partial charge in [-0.1, -0.05) is 49.1 Å². The topological polar surface area (TPSA) is 76.2 Å². The lowest BCUT2D eigenvalue weighted by atomic mass is 9.99. The van der Waals surface area contributed by atoms with Gasteiger partial charge >= 0.3 is 5.63 Å². The van der Waals surface area contributed by atoms with Gasteiger partial charge < -0.3 is 9.52 Å². The van der Waals surface area contributed by atoms with Gasteiger partial charge in [0.25, 0.3) is 0 Å². The van der Waals surface area contributed by atoms with E-state index in [0.717, 1.165) is 15.8 Å². The molecule has 0 aliphatic carbocycles. The zero-order valence-corrected chi connectivity index (χ0v) is 18.0. The molecule has 8 heteroatoms. The van der Waals surface area contributed by atoms with Gasteiger partial charge in [-0.2, -0.15) is 0 Å². The fourth-order valence-corrected chi connectivity index (χ4v) is 5.25. The van der Waals surface area contributed by atoms with Crippen LogP contribution in [0.2, 0.25) is 0 Å². The smallest absolute Gasteiger partial charge is 0.336 e. The molecule has 0 radical (unpaired) electrons. The van der Waals surface area contributed by atoms with Crippen molar-refractivity contribution in [2.75, 3.05) is 0 Å². The van der Waals surface area contributed by atoms with Gasteiger partial charge in [0.05, 0.1) is 0 Å². The summed E-state index contributed by atoms with van der Waals surface area (Å²) in [6.45, 7) is 3.84. The third kappa shape index (κ3) is 4.03. The van der Waals surface area contributed by atoms with Crippen LogP contribution >= 0.6 is 23.1 Å². The Morgan fingerprint density at radius 2 is 1.83 bits per heavy atom. The molecule has 0 bridgehead atoms. The Balaban J connectivity index is 1.69. The monoisotopic (exact) mass is 442 g/mol. The number of benzene rings is 2. The first-order valence-corrected chi connectivity index (χ1v) is 11.1. The van der Waals surface area contributed by atoms with Crippen LogP contribution in [-0.2, 0) is 5.60 Å². The molecule has 154 valence electrons. The van der Waals surface area contributed by atoms with Crippen molar-refractivity contribution < 1.29 is 13.9 Å². The molecule has 0 fully saturated rings. The predicted molar refractivity (Wildman–Crippen MR) is 116 cm³/mol. The molecule has 0 saturated carbocycles. The Hall–Kier alpha value is -2.55. The standard InChI is InChI=1S/C22H19FN2O3S2/c1-3-22(27,4-2)20-24-25-21(30-20)29-15-9-10-16-17(12-19(26)28-18(16)11-15)13-5-7-14(23)8-6-13/h5-12,27H,3-4H2,1-2H3. The molecular weight excluding hydrogens is 423 g/mol. The van der Waals surface area contributed by atoms with E-state index >= 15 is 0 Å². The Morgan fingerprint density at radius 1 is 1.10 bits per heavy atom. The van der Waals surface area contributed by atoms with E-state index in [0.29, 0.717) is 33.3 Å². The van der Waals surface area contributed by atoms with Crippen LogP contribution in [0.5, 0.6) is 0 Å². The first-order valence-electron chi connectivity index (χ1n) is 9.50. The van der Waals surface area contributed by atoms with Crippen molar-refractivity contribution in [3.05, 3.63) is 69.8 Å². The van der Waals surface area contributed by atoms with Crippen LogP contribution in [-0.4, -0.2) is 15.3 Å². The lowest BCUT2D eigenvalue weighted by molar-refractivity contribution is 0.0275. The van der Waals surface area contributed by atoms with E-state index in [1.807, 2.05) is 26.0 Å². The van der Waals surface area contributed by atoms with E-state index in [4.69, 9.17) is 4.42 Å². The summed E-state index contributed by atoms with van der Waals surface area (Å²) >= 11 is 2.75. The number of fused-ring (bicyclic) bond motifs is 1. The Morgan fingerprint density at radius 3 is 2.53 bits per heavy atom. The first kappa shape index (κ1) is 20.7. The van der Waals surface area contributed by atoms with Gasteiger partial charge in [-0.05, 0) is 54.3 Å². The van der Waals surface area contributed by atoms with E-state index in [1.165, 1.54) is 41.3 Å². The number of aliphatic hydroxyl groups is 1. The molecule has 0 aliphatic heterocycles. The molecule has 0 aliphatic rings. The van der Waals surface area contributed by atoms with Crippen molar-refractivity contribution in [2.45, 2.75) is 41.5 Å². The second kappa shape index (κ2) is 8.29. The van der Waals surface area contributed by atoms with Crippen LogP contribution in [0.15, 0.2) is 67.0 Å². The van der Waals surface area contributed by atoms with Crippen molar-refractivity contribution >= 4 is 34.1 Å². The normalized spacial score (nSPS) is 11.9. The van der Waals surface area contributed by atoms with Gasteiger partial charge in [0, 0.05) is 16.3 Å². The maximum absolute atomic E-state index is 13.3. The number of hydrogen-bond acceptors (Lipinski definition) is 7. The lowest BCUT2D eigenvalue weighted by Crippen LogP contribution is -2.23. The van der Waals surface area contributed by atoms with E-state index in [9.17, 15) is 14.3 Å². The second-order valence-electron chi connectivity index (χ2n) is 6.86. The average Bonchev–Trinajstić information content (AvgIpc) is 3.22. The Kier molecular flexibility index (Phi) is 5.73. The number of aromatic nitrogens is 2. The van der Waals surface area contributed by atoms with Crippen LogP contribution in [0.4, 0.5) is 4.39 Å². The molecule has 30 heavy (non-hydrogen) atoms. The highest BCUT2D eigenvalue weighted by Gasteiger charge is 2.29. The number of nitrogens with zero attached hydrogens (tertiary/aromatic N) is 2. The summed E-state index contributed by atoms with van der Waals surface area (Å²) in [5, 5.41) is 20.3. The molecule has 4 aromatic rings. The summed E-state index contributed by atoms with van der Waals surface area (Å²) in [4.78, 5) is 12.9. The van der Waals surface area contributed by atoms with Crippen molar-refractivity contribution in [1.29, 1.82) is 0 Å². The molecule has 5 nitrogen and oxygen atoms in total. The average molecular weight is 443 g/mol. The predicted octanol–water partition coefficient (Wildman–Crippen LogP) is 5.61. The minimum Gasteiger partial charge on any atom is -0.423 e. The Bertz CT molecular complexity index is 1250. The summed E-state index contributed by atoms with van der Waals surface area (Å²) in [6.07, 6.45) is 1.13. The number of hydrogen-bond donors (Lipinski definition) is 1. The second-order valence-corrected chi connectivity index (χ2v) is 9.16. The zero-order chi connectivity index (χ0) is 21.3. The van der Waals surface area contributed by atoms with Crippen molar-refractivity contribution in [3.63, 3.8) is 0 Å². The van der Waals surface area contributed by atoms with Gasteiger partial charge in [-0.3, -0.25) is 0 Å². The molecule has 1 N–H and O–H groups in total. The van der Waals surface area contributed by atoms with Crippen molar-refractivity contribution in [1.82, 2.24) is 10.2 Å². The molecule has 0 amide bonds. The summed E-state index contributed by atoms with van der Waals surface area (Å²) in [7, 11) is 0.